The van der Waals surface area contributed by atoms with Crippen LogP contribution in [0, 0.1) is 0 Å². The summed E-state index contributed by atoms with van der Waals surface area (Å²) in [5.74, 6) is -2.58. The number of thioether (sulfide) groups is 1. The largest absolute Gasteiger partial charge is 0.480 e. The summed E-state index contributed by atoms with van der Waals surface area (Å²) in [5, 5.41) is 27.0. The number of carboxylic acid groups (broad SMARTS) is 1. The molecule has 36 heavy (non-hydrogen) atoms. The summed E-state index contributed by atoms with van der Waals surface area (Å²) in [7, 11) is 0. The fraction of sp³-hybridized carbons (Fsp3) is 0.583. The Bertz CT molecular complexity index is 842. The van der Waals surface area contributed by atoms with Gasteiger partial charge < -0.3 is 37.6 Å². The molecule has 5 unspecified atom stereocenters. The van der Waals surface area contributed by atoms with Crippen molar-refractivity contribution < 1.29 is 29.4 Å². The summed E-state index contributed by atoms with van der Waals surface area (Å²) in [5.41, 5.74) is 12.0. The van der Waals surface area contributed by atoms with E-state index in [1.54, 1.807) is 30.3 Å². The smallest absolute Gasteiger partial charge is 0.326 e. The predicted molar refractivity (Wildman–Crippen MR) is 139 cm³/mol. The average molecular weight is 526 g/mol. The molecule has 1 aromatic rings. The Balaban J connectivity index is 2.99. The molecule has 0 saturated heterocycles. The van der Waals surface area contributed by atoms with E-state index in [4.69, 9.17) is 11.5 Å². The van der Waals surface area contributed by atoms with E-state index in [-0.39, 0.29) is 19.3 Å². The van der Waals surface area contributed by atoms with Crippen molar-refractivity contribution in [3.05, 3.63) is 35.9 Å². The summed E-state index contributed by atoms with van der Waals surface area (Å²) in [6.45, 7) is 1.77. The number of carbonyl (C=O) groups is 4. The number of rotatable bonds is 17. The minimum Gasteiger partial charge on any atom is -0.480 e. The first-order valence-corrected chi connectivity index (χ1v) is 13.3. The second-order valence-corrected chi connectivity index (χ2v) is 9.53. The summed E-state index contributed by atoms with van der Waals surface area (Å²) >= 11 is 1.47. The van der Waals surface area contributed by atoms with Crippen LogP contribution in [0.1, 0.15) is 38.2 Å². The van der Waals surface area contributed by atoms with E-state index in [0.29, 0.717) is 25.1 Å². The number of nitrogens with two attached hydrogens (primary N) is 2. The van der Waals surface area contributed by atoms with Gasteiger partial charge in [-0.25, -0.2) is 4.79 Å². The average Bonchev–Trinajstić information content (AvgIpc) is 2.85. The van der Waals surface area contributed by atoms with Gasteiger partial charge in [-0.2, -0.15) is 11.8 Å². The van der Waals surface area contributed by atoms with Crippen LogP contribution in [-0.2, 0) is 25.6 Å². The molecule has 3 amide bonds. The van der Waals surface area contributed by atoms with Crippen LogP contribution in [0.15, 0.2) is 30.3 Å². The molecule has 0 heterocycles. The molecule has 0 radical (unpaired) electrons. The molecular weight excluding hydrogens is 486 g/mol. The molecular formula is C24H39N5O6S. The molecule has 0 fully saturated rings. The van der Waals surface area contributed by atoms with Gasteiger partial charge in [-0.1, -0.05) is 30.3 Å². The molecule has 9 N–H and O–H groups in total. The Morgan fingerprint density at radius 2 is 1.47 bits per heavy atom. The molecule has 5 atom stereocenters. The molecule has 12 heteroatoms. The fourth-order valence-corrected chi connectivity index (χ4v) is 3.82. The third kappa shape index (κ3) is 11.4. The van der Waals surface area contributed by atoms with E-state index in [0.717, 1.165) is 5.56 Å². The second kappa shape index (κ2) is 16.9. The summed E-state index contributed by atoms with van der Waals surface area (Å²) in [4.78, 5) is 50.3. The van der Waals surface area contributed by atoms with Gasteiger partial charge in [0.25, 0.3) is 0 Å². The highest BCUT2D eigenvalue weighted by atomic mass is 32.2. The SMILES string of the molecule is CSCCC(NC(=O)C(N)C(C)O)C(=O)NC(CCCCN)C(=O)NC(Cc1ccccc1)C(=O)O. The topological polar surface area (TPSA) is 197 Å². The maximum absolute atomic E-state index is 13.1. The number of hydrogen-bond acceptors (Lipinski definition) is 8. The Hall–Kier alpha value is -2.67. The van der Waals surface area contributed by atoms with Crippen molar-refractivity contribution >= 4 is 35.5 Å². The first-order chi connectivity index (χ1) is 17.1. The zero-order chi connectivity index (χ0) is 27.1. The lowest BCUT2D eigenvalue weighted by atomic mass is 10.0. The molecule has 1 rings (SSSR count). The molecule has 11 nitrogen and oxygen atoms in total. The van der Waals surface area contributed by atoms with Crippen molar-refractivity contribution in [2.24, 2.45) is 11.5 Å². The van der Waals surface area contributed by atoms with Gasteiger partial charge in [0.05, 0.1) is 6.10 Å². The minimum absolute atomic E-state index is 0.0784. The van der Waals surface area contributed by atoms with Crippen LogP contribution in [0.4, 0.5) is 0 Å². The van der Waals surface area contributed by atoms with Crippen LogP contribution in [0.5, 0.6) is 0 Å². The third-order valence-electron chi connectivity index (χ3n) is 5.54. The summed E-state index contributed by atoms with van der Waals surface area (Å²) in [6.07, 6.45) is 2.47. The zero-order valence-electron chi connectivity index (χ0n) is 20.8. The van der Waals surface area contributed by atoms with Crippen molar-refractivity contribution in [2.75, 3.05) is 18.6 Å². The molecule has 0 aliphatic carbocycles. The lowest BCUT2D eigenvalue weighted by Crippen LogP contribution is -2.58. The summed E-state index contributed by atoms with van der Waals surface area (Å²) in [6, 6.07) is 4.47. The van der Waals surface area contributed by atoms with Crippen LogP contribution in [0.2, 0.25) is 0 Å². The second-order valence-electron chi connectivity index (χ2n) is 8.54. The number of carboxylic acids is 1. The quantitative estimate of drug-likeness (QED) is 0.129. The van der Waals surface area contributed by atoms with Crippen molar-refractivity contribution in [3.63, 3.8) is 0 Å². The van der Waals surface area contributed by atoms with Crippen LogP contribution in [0.25, 0.3) is 0 Å². The number of nitrogens with one attached hydrogen (secondary N) is 3. The normalized spacial score (nSPS) is 15.1. The molecule has 0 spiro atoms. The van der Waals surface area contributed by atoms with Crippen LogP contribution >= 0.6 is 11.8 Å². The molecule has 0 aliphatic rings. The number of hydrogen-bond donors (Lipinski definition) is 7. The molecule has 202 valence electrons. The molecule has 0 bridgehead atoms. The van der Waals surface area contributed by atoms with Gasteiger partial charge in [0, 0.05) is 6.42 Å². The van der Waals surface area contributed by atoms with Gasteiger partial charge in [0.1, 0.15) is 24.2 Å². The van der Waals surface area contributed by atoms with E-state index in [1.165, 1.54) is 18.7 Å². The van der Waals surface area contributed by atoms with Gasteiger partial charge in [-0.15, -0.1) is 0 Å². The minimum atomic E-state index is -1.22. The van der Waals surface area contributed by atoms with Gasteiger partial charge in [0.2, 0.25) is 17.7 Å². The maximum atomic E-state index is 13.1. The number of amides is 3. The van der Waals surface area contributed by atoms with Crippen molar-refractivity contribution in [1.29, 1.82) is 0 Å². The highest BCUT2D eigenvalue weighted by Crippen LogP contribution is 2.08. The standard InChI is InChI=1S/C24H39N5O6S/c1-15(30)20(26)23(33)28-18(11-13-36-2)22(32)27-17(10-6-7-12-25)21(31)29-19(24(34)35)14-16-8-4-3-5-9-16/h3-5,8-9,15,17-20,30H,6-7,10-14,25-26H2,1-2H3,(H,27,32)(H,28,33)(H,29,31)(H,34,35). The number of unbranched alkanes of at least 4 members (excludes halogenated alkanes) is 1. The Labute approximate surface area is 216 Å². The highest BCUT2D eigenvalue weighted by Gasteiger charge is 2.30. The van der Waals surface area contributed by atoms with Crippen molar-refractivity contribution in [1.82, 2.24) is 16.0 Å². The van der Waals surface area contributed by atoms with E-state index in [1.807, 2.05) is 6.26 Å². The number of carbonyl (C=O) groups excluding carboxylic acids is 3. The van der Waals surface area contributed by atoms with Crippen LogP contribution in [-0.4, -0.2) is 82.7 Å². The maximum Gasteiger partial charge on any atom is 0.326 e. The van der Waals surface area contributed by atoms with E-state index in [9.17, 15) is 29.4 Å². The van der Waals surface area contributed by atoms with E-state index >= 15 is 0 Å². The third-order valence-corrected chi connectivity index (χ3v) is 6.19. The first kappa shape index (κ1) is 31.4. The van der Waals surface area contributed by atoms with Gasteiger partial charge in [0.15, 0.2) is 0 Å². The molecule has 0 saturated carbocycles. The van der Waals surface area contributed by atoms with Gasteiger partial charge in [-0.05, 0) is 56.7 Å². The number of aliphatic hydroxyl groups excluding tert-OH is 1. The lowest BCUT2D eigenvalue weighted by Gasteiger charge is -2.25. The monoisotopic (exact) mass is 525 g/mol. The van der Waals surface area contributed by atoms with Crippen LogP contribution < -0.4 is 27.4 Å². The molecule has 0 aliphatic heterocycles. The van der Waals surface area contributed by atoms with E-state index < -0.39 is 54.0 Å². The lowest BCUT2D eigenvalue weighted by molar-refractivity contribution is -0.142. The Kier molecular flexibility index (Phi) is 14.7. The Morgan fingerprint density at radius 1 is 0.917 bits per heavy atom. The van der Waals surface area contributed by atoms with Crippen molar-refractivity contribution in [3.8, 4) is 0 Å². The number of aliphatic carboxylic acids is 1. The summed E-state index contributed by atoms with van der Waals surface area (Å²) < 4.78 is 0. The van der Waals surface area contributed by atoms with Gasteiger partial charge >= 0.3 is 5.97 Å². The zero-order valence-corrected chi connectivity index (χ0v) is 21.6. The first-order valence-electron chi connectivity index (χ1n) is 11.9. The fourth-order valence-electron chi connectivity index (χ4n) is 3.35. The molecule has 1 aromatic carbocycles. The molecule has 0 aromatic heterocycles. The Morgan fingerprint density at radius 3 is 2.00 bits per heavy atom. The highest BCUT2D eigenvalue weighted by molar-refractivity contribution is 7.98. The predicted octanol–water partition coefficient (Wildman–Crippen LogP) is -0.642. The van der Waals surface area contributed by atoms with E-state index in [2.05, 4.69) is 16.0 Å². The number of aliphatic hydroxyl groups is 1. The van der Waals surface area contributed by atoms with Crippen LogP contribution in [0.3, 0.4) is 0 Å². The van der Waals surface area contributed by atoms with Crippen molar-refractivity contribution in [2.45, 2.75) is 69.3 Å². The number of benzene rings is 1. The van der Waals surface area contributed by atoms with Gasteiger partial charge in [-0.3, -0.25) is 14.4 Å².